The molecule has 27 nitrogen and oxygen atoms in total. The number of hydrogen-bond donors (Lipinski definition) is 9. The smallest absolute Gasteiger partial charge is 0.270 e. The molecule has 618 valence electrons. The summed E-state index contributed by atoms with van der Waals surface area (Å²) in [5, 5.41) is 134. The van der Waals surface area contributed by atoms with E-state index in [1.54, 1.807) is 0 Å². The summed E-state index contributed by atoms with van der Waals surface area (Å²) in [6.45, 7) is 25.1. The Bertz CT molecular complexity index is 3080. The van der Waals surface area contributed by atoms with E-state index in [-0.39, 0.29) is 18.9 Å². The summed E-state index contributed by atoms with van der Waals surface area (Å²) in [4.78, 5) is 49.4. The zero-order valence-electron chi connectivity index (χ0n) is 65.7. The van der Waals surface area contributed by atoms with Crippen LogP contribution in [0.25, 0.3) is 0 Å². The molecule has 9 N–H and O–H groups in total. The molecule has 4 fully saturated rings. The van der Waals surface area contributed by atoms with Crippen LogP contribution < -0.4 is 20.2 Å². The third-order valence-corrected chi connectivity index (χ3v) is 21.1. The van der Waals surface area contributed by atoms with Gasteiger partial charge in [0.05, 0.1) is 31.1 Å². The average molecular weight is 1550 g/mol. The van der Waals surface area contributed by atoms with Crippen molar-refractivity contribution in [3.05, 3.63) is 105 Å². The molecule has 4 heterocycles. The predicted octanol–water partition coefficient (Wildman–Crippen LogP) is 6.08. The summed E-state index contributed by atoms with van der Waals surface area (Å²) < 4.78 is 65.0. The van der Waals surface area contributed by atoms with Gasteiger partial charge in [0.2, 0.25) is 0 Å². The predicted molar refractivity (Wildman–Crippen MR) is 394 cm³/mol. The van der Waals surface area contributed by atoms with Crippen LogP contribution in [0.5, 0.6) is 0 Å². The molecular formula is C80H127O27P-4. The molecule has 4 rings (SSSR count). The van der Waals surface area contributed by atoms with Crippen molar-refractivity contribution < 1.29 is 132 Å². The third kappa shape index (κ3) is 33.3. The quantitative estimate of drug-likeness (QED) is 0.0246. The van der Waals surface area contributed by atoms with Crippen molar-refractivity contribution in [3.63, 3.8) is 0 Å². The number of carboxylic acids is 3. The summed E-state index contributed by atoms with van der Waals surface area (Å²) in [6, 6.07) is 0. The molecule has 2 unspecified atom stereocenters. The second-order valence-electron chi connectivity index (χ2n) is 30.3. The van der Waals surface area contributed by atoms with Crippen LogP contribution in [0.15, 0.2) is 105 Å². The Hall–Kier alpha value is -4.50. The van der Waals surface area contributed by atoms with Crippen molar-refractivity contribution in [1.29, 1.82) is 0 Å². The van der Waals surface area contributed by atoms with Crippen molar-refractivity contribution in [2.45, 2.75) is 347 Å². The molecule has 0 amide bonds. The minimum Gasteiger partial charge on any atom is -0.756 e. The highest BCUT2D eigenvalue weighted by Crippen LogP contribution is 2.44. The molecule has 108 heavy (non-hydrogen) atoms. The van der Waals surface area contributed by atoms with E-state index in [9.17, 15) is 85.1 Å². The number of hydrogen-bond acceptors (Lipinski definition) is 27. The van der Waals surface area contributed by atoms with Gasteiger partial charge in [-0.2, -0.15) is 0 Å². The number of aliphatic carboxylic acids is 3. The number of ether oxygens (including phenoxy) is 8. The fourth-order valence-corrected chi connectivity index (χ4v) is 13.9. The van der Waals surface area contributed by atoms with Crippen molar-refractivity contribution in [2.75, 3.05) is 20.3 Å². The van der Waals surface area contributed by atoms with Gasteiger partial charge >= 0.3 is 0 Å². The largest absolute Gasteiger partial charge is 0.756 e. The molecule has 0 aromatic carbocycles. The standard InChI is InChI=1S/C80H131O27P/c1-47(2)24-14-25-48(3)26-15-27-49(4)28-16-29-50(5)30-17-31-51(6)32-18-33-52(7)34-19-35-53(8)36-20-37-54(9)38-21-39-55(10)40-22-41-56(11)42-23-43-57(12)44-45-99-108(96,97)107-80-66(89)59(82)67(58(46-81)100-80)101-77-64(87)61(84)69(72(105-77)75(92)93)103-79-65(88)62(85)70(73(106-79)76(94)95)102-78-63(86)60(83)68(98-13)71(104-78)74(90)91/h26,28,30,32,34,36,38,40,42,47,57-73,77-89H,14-25,27,29,31,33,35,37,39,41,43-46H2,1-13H3,(H,90,91)(H,92,93)(H,94,95)(H,96,97)/p-4/b48-26+,49-28+,50-30-,51-32-,52-34-,53-36-,54-38-,55-40-,56-42-/t57?,58-,59-,60-,61-,62-,63-,64-,65-,66-,67-,68+,69+,70-,71+,72+,73+,77-,78-,79+,80-/m1/s1. The van der Waals surface area contributed by atoms with Gasteiger partial charge in [-0.05, 0) is 209 Å². The number of methoxy groups -OCH3 is 1. The molecule has 28 heteroatoms. The summed E-state index contributed by atoms with van der Waals surface area (Å²) in [5.41, 5.74) is 12.9. The molecule has 0 radical (unpaired) electrons. The monoisotopic (exact) mass is 1550 g/mol. The normalized spacial score (nSPS) is 31.5. The topological polar surface area (TPSA) is 435 Å². The van der Waals surface area contributed by atoms with Gasteiger partial charge in [-0.15, -0.1) is 0 Å². The van der Waals surface area contributed by atoms with E-state index in [0.717, 1.165) is 122 Å². The first-order valence-corrected chi connectivity index (χ1v) is 39.8. The van der Waals surface area contributed by atoms with Gasteiger partial charge in [-0.1, -0.05) is 132 Å². The molecule has 0 bridgehead atoms. The van der Waals surface area contributed by atoms with Crippen molar-refractivity contribution >= 4 is 25.7 Å². The molecule has 0 aromatic rings. The van der Waals surface area contributed by atoms with Gasteiger partial charge in [0, 0.05) is 7.11 Å². The summed E-state index contributed by atoms with van der Waals surface area (Å²) in [6.07, 6.45) is -1.55. The fraction of sp³-hybridized carbons (Fsp3) is 0.738. The molecular weight excluding hydrogens is 1420 g/mol. The maximum atomic E-state index is 13.0. The highest BCUT2D eigenvalue weighted by Gasteiger charge is 2.56. The van der Waals surface area contributed by atoms with Crippen LogP contribution in [-0.4, -0.2) is 207 Å². The van der Waals surface area contributed by atoms with E-state index in [0.29, 0.717) is 6.42 Å². The first-order valence-electron chi connectivity index (χ1n) is 38.3. The van der Waals surface area contributed by atoms with Gasteiger partial charge in [-0.25, -0.2) is 0 Å². The number of carboxylic acid groups (broad SMARTS) is 3. The number of aliphatic hydroxyl groups is 9. The van der Waals surface area contributed by atoms with Crippen LogP contribution in [0, 0.1) is 11.8 Å². The lowest BCUT2D eigenvalue weighted by molar-refractivity contribution is -0.401. The van der Waals surface area contributed by atoms with E-state index in [1.807, 2.05) is 6.92 Å². The summed E-state index contributed by atoms with van der Waals surface area (Å²) in [7, 11) is -4.33. The average Bonchev–Trinajstić information content (AvgIpc) is 0.770. The van der Waals surface area contributed by atoms with Crippen LogP contribution >= 0.6 is 7.82 Å². The Labute approximate surface area is 639 Å². The lowest BCUT2D eigenvalue weighted by Gasteiger charge is -2.49. The summed E-state index contributed by atoms with van der Waals surface area (Å²) in [5.74, 6) is -5.61. The number of rotatable bonds is 48. The van der Waals surface area contributed by atoms with Gasteiger partial charge in [0.1, 0.15) is 97.7 Å². The first kappa shape index (κ1) is 95.9. The minimum absolute atomic E-state index is 0.00707. The van der Waals surface area contributed by atoms with E-state index < -0.39 is 155 Å². The molecule has 0 aliphatic carbocycles. The molecule has 22 atom stereocenters. The van der Waals surface area contributed by atoms with Crippen LogP contribution in [0.1, 0.15) is 224 Å². The number of carbonyl (C=O) groups excluding carboxylic acids is 3. The zero-order valence-corrected chi connectivity index (χ0v) is 66.6. The Morgan fingerprint density at radius 1 is 0.398 bits per heavy atom. The molecule has 0 spiro atoms. The zero-order chi connectivity index (χ0) is 80.5. The maximum absolute atomic E-state index is 13.0. The van der Waals surface area contributed by atoms with Crippen LogP contribution in [0.4, 0.5) is 0 Å². The molecule has 0 aromatic heterocycles. The number of allylic oxidation sites excluding steroid dienone is 18. The SMILES string of the molecule is CO[C@H]1[C@H](O)[C@@H](O)[C@H](O[C@@H]2[C@H](O)[C@@H](O)[C@@H](O[C@H]3[C@H](O)[C@@H](O)[C@H](O[C@H]4[C@H](O)[C@@H](O)[C@@H](OP(=O)([O-])OCCC(C)CC/C=C(/C)CC/C=C(/C)CC/C=C(/C)CC/C=C(/C)CC/C=C(/C)CC/C=C(/C)CC/C=C(/C)CC/C=C(\C)CC/C=C(\C)CCCC(C)C)O[C@@H]4CO)O[C@@H]3C(=O)[O-])O[C@@H]2C(=O)[O-])O[C@@H]1C(=O)[O-]. The second-order valence-corrected chi connectivity index (χ2v) is 31.7. The minimum atomic E-state index is -5.30. The Morgan fingerprint density at radius 3 is 1.00 bits per heavy atom. The molecule has 4 aliphatic heterocycles. The second kappa shape index (κ2) is 49.2. The third-order valence-electron chi connectivity index (χ3n) is 20.1. The number of phosphoric acid groups is 1. The highest BCUT2D eigenvalue weighted by atomic mass is 31.2. The lowest BCUT2D eigenvalue weighted by Crippen LogP contribution is -2.70. The van der Waals surface area contributed by atoms with E-state index >= 15 is 0 Å². The van der Waals surface area contributed by atoms with E-state index in [4.69, 9.17) is 46.9 Å². The fourth-order valence-electron chi connectivity index (χ4n) is 13.1. The van der Waals surface area contributed by atoms with Crippen LogP contribution in [-0.2, 0) is 65.9 Å². The van der Waals surface area contributed by atoms with Gasteiger partial charge in [0.15, 0.2) is 25.2 Å². The number of carbonyl (C=O) groups is 3. The van der Waals surface area contributed by atoms with Crippen LogP contribution in [0.3, 0.4) is 0 Å². The van der Waals surface area contributed by atoms with Gasteiger partial charge in [-0.3, -0.25) is 9.09 Å². The van der Waals surface area contributed by atoms with Crippen molar-refractivity contribution in [2.24, 2.45) is 11.8 Å². The van der Waals surface area contributed by atoms with Crippen LogP contribution in [0.2, 0.25) is 0 Å². The molecule has 4 saturated heterocycles. The first-order chi connectivity index (χ1) is 51.0. The lowest BCUT2D eigenvalue weighted by atomic mass is 9.95. The van der Waals surface area contributed by atoms with Gasteiger partial charge in [0.25, 0.3) is 7.82 Å². The number of aliphatic hydroxyl groups excluding tert-OH is 9. The number of phosphoric ester groups is 1. The van der Waals surface area contributed by atoms with Crippen molar-refractivity contribution in [3.8, 4) is 0 Å². The highest BCUT2D eigenvalue weighted by molar-refractivity contribution is 7.45. The summed E-state index contributed by atoms with van der Waals surface area (Å²) >= 11 is 0. The Kier molecular flexibility index (Phi) is 43.7. The van der Waals surface area contributed by atoms with E-state index in [1.165, 1.54) is 69.4 Å². The molecule has 4 aliphatic rings. The Balaban J connectivity index is 1.11. The molecule has 0 saturated carbocycles. The van der Waals surface area contributed by atoms with Crippen molar-refractivity contribution in [1.82, 2.24) is 0 Å². The Morgan fingerprint density at radius 2 is 0.685 bits per heavy atom. The van der Waals surface area contributed by atoms with E-state index in [2.05, 4.69) is 131 Å². The maximum Gasteiger partial charge on any atom is 0.270 e. The van der Waals surface area contributed by atoms with Gasteiger partial charge < -0.3 is 123 Å².